The Bertz CT molecular complexity index is 669. The third kappa shape index (κ3) is 2.93. The van der Waals surface area contributed by atoms with Gasteiger partial charge in [0.25, 0.3) is 0 Å². The minimum absolute atomic E-state index is 0.0321. The van der Waals surface area contributed by atoms with Crippen molar-refractivity contribution in [2.24, 2.45) is 0 Å². The third-order valence-corrected chi connectivity index (χ3v) is 4.46. The van der Waals surface area contributed by atoms with Gasteiger partial charge in [-0.05, 0) is 52.4 Å². The van der Waals surface area contributed by atoms with Gasteiger partial charge in [-0.15, -0.1) is 0 Å². The molecule has 2 aromatic rings. The molecule has 0 saturated heterocycles. The van der Waals surface area contributed by atoms with Crippen molar-refractivity contribution < 1.29 is 13.2 Å². The van der Waals surface area contributed by atoms with Crippen molar-refractivity contribution in [3.8, 4) is 0 Å². The van der Waals surface area contributed by atoms with Crippen LogP contribution in [0.4, 0.5) is 18.9 Å². The molecular formula is C16H13BrF3N. The van der Waals surface area contributed by atoms with E-state index in [4.69, 9.17) is 0 Å². The molecule has 0 atom stereocenters. The van der Waals surface area contributed by atoms with E-state index in [1.165, 1.54) is 6.07 Å². The molecule has 110 valence electrons. The second-order valence-electron chi connectivity index (χ2n) is 5.28. The first-order valence-electron chi connectivity index (χ1n) is 6.70. The Labute approximate surface area is 129 Å². The minimum Gasteiger partial charge on any atom is -0.380 e. The van der Waals surface area contributed by atoms with E-state index < -0.39 is 11.6 Å². The van der Waals surface area contributed by atoms with E-state index in [0.717, 1.165) is 12.1 Å². The maximum atomic E-state index is 13.7. The summed E-state index contributed by atoms with van der Waals surface area (Å²) >= 11 is 2.94. The van der Waals surface area contributed by atoms with Gasteiger partial charge in [0, 0.05) is 12.1 Å². The molecule has 1 aliphatic carbocycles. The summed E-state index contributed by atoms with van der Waals surface area (Å²) in [7, 11) is 0. The minimum atomic E-state index is -0.510. The van der Waals surface area contributed by atoms with Crippen LogP contribution < -0.4 is 5.32 Å². The van der Waals surface area contributed by atoms with Gasteiger partial charge in [-0.3, -0.25) is 0 Å². The molecule has 1 nitrogen and oxygen atoms in total. The predicted molar refractivity (Wildman–Crippen MR) is 79.8 cm³/mol. The molecule has 0 heterocycles. The number of halogens is 4. The first kappa shape index (κ1) is 14.4. The summed E-state index contributed by atoms with van der Waals surface area (Å²) in [5.41, 5.74) is 0.839. The Hall–Kier alpha value is -1.49. The highest BCUT2D eigenvalue weighted by molar-refractivity contribution is 9.10. The van der Waals surface area contributed by atoms with Crippen LogP contribution in [0.3, 0.4) is 0 Å². The molecule has 1 saturated carbocycles. The maximum absolute atomic E-state index is 13.7. The maximum Gasteiger partial charge on any atom is 0.147 e. The average Bonchev–Trinajstić information content (AvgIpc) is 2.40. The second-order valence-corrected chi connectivity index (χ2v) is 6.13. The van der Waals surface area contributed by atoms with Crippen LogP contribution in [0.2, 0.25) is 0 Å². The Kier molecular flexibility index (Phi) is 3.93. The number of hydrogen-bond donors (Lipinski definition) is 1. The van der Waals surface area contributed by atoms with Crippen molar-refractivity contribution >= 4 is 21.6 Å². The number of hydrogen-bond acceptors (Lipinski definition) is 1. The van der Waals surface area contributed by atoms with Gasteiger partial charge in [0.15, 0.2) is 0 Å². The van der Waals surface area contributed by atoms with Crippen LogP contribution in [0.1, 0.15) is 24.3 Å². The van der Waals surface area contributed by atoms with E-state index in [0.29, 0.717) is 18.4 Å². The van der Waals surface area contributed by atoms with Gasteiger partial charge in [0.05, 0.1) is 10.2 Å². The summed E-state index contributed by atoms with van der Waals surface area (Å²) in [5.74, 6) is -1.09. The van der Waals surface area contributed by atoms with Crippen LogP contribution in [0, 0.1) is 17.5 Å². The second kappa shape index (κ2) is 5.72. The smallest absolute Gasteiger partial charge is 0.147 e. The lowest BCUT2D eigenvalue weighted by Gasteiger charge is -2.37. The van der Waals surface area contributed by atoms with Gasteiger partial charge in [-0.25, -0.2) is 13.2 Å². The third-order valence-electron chi connectivity index (χ3n) is 3.85. The normalized spacial score (nSPS) is 21.0. The van der Waals surface area contributed by atoms with Crippen molar-refractivity contribution in [2.45, 2.75) is 24.8 Å². The molecule has 0 bridgehead atoms. The molecule has 0 unspecified atom stereocenters. The fourth-order valence-electron chi connectivity index (χ4n) is 2.65. The summed E-state index contributed by atoms with van der Waals surface area (Å²) in [6.45, 7) is 0. The Morgan fingerprint density at radius 1 is 0.952 bits per heavy atom. The molecule has 0 aromatic heterocycles. The molecule has 5 heteroatoms. The lowest BCUT2D eigenvalue weighted by Crippen LogP contribution is -2.34. The molecule has 2 aromatic carbocycles. The monoisotopic (exact) mass is 355 g/mol. The first-order chi connectivity index (χ1) is 10.0. The van der Waals surface area contributed by atoms with Gasteiger partial charge in [0.1, 0.15) is 17.5 Å². The summed E-state index contributed by atoms with van der Waals surface area (Å²) in [4.78, 5) is 0. The first-order valence-corrected chi connectivity index (χ1v) is 7.49. The van der Waals surface area contributed by atoms with E-state index in [1.807, 2.05) is 6.07 Å². The SMILES string of the molecule is Fc1cc(NC2CC(c3ccccc3F)C2)c(F)cc1Br. The van der Waals surface area contributed by atoms with Crippen molar-refractivity contribution in [3.63, 3.8) is 0 Å². The molecule has 3 rings (SSSR count). The van der Waals surface area contributed by atoms with E-state index in [1.54, 1.807) is 12.1 Å². The molecule has 1 aliphatic rings. The summed E-state index contributed by atoms with van der Waals surface area (Å²) in [6, 6.07) is 8.96. The predicted octanol–water partition coefficient (Wildman–Crippen LogP) is 5.22. The van der Waals surface area contributed by atoms with Crippen molar-refractivity contribution in [1.82, 2.24) is 0 Å². The topological polar surface area (TPSA) is 12.0 Å². The standard InChI is InChI=1S/C16H13BrF3N/c17-12-7-15(20)16(8-14(12)19)21-10-5-9(6-10)11-3-1-2-4-13(11)18/h1-4,7-10,21H,5-6H2. The molecular weight excluding hydrogens is 343 g/mol. The van der Waals surface area contributed by atoms with Gasteiger partial charge in [-0.1, -0.05) is 18.2 Å². The van der Waals surface area contributed by atoms with Gasteiger partial charge < -0.3 is 5.32 Å². The Morgan fingerprint density at radius 3 is 2.38 bits per heavy atom. The lowest BCUT2D eigenvalue weighted by molar-refractivity contribution is 0.362. The van der Waals surface area contributed by atoms with Gasteiger partial charge in [0.2, 0.25) is 0 Å². The molecule has 0 spiro atoms. The molecule has 0 amide bonds. The highest BCUT2D eigenvalue weighted by Crippen LogP contribution is 2.40. The van der Waals surface area contributed by atoms with Gasteiger partial charge >= 0.3 is 0 Å². The Balaban J connectivity index is 1.65. The summed E-state index contributed by atoms with van der Waals surface area (Å²) in [5, 5.41) is 2.98. The lowest BCUT2D eigenvalue weighted by atomic mass is 9.75. The van der Waals surface area contributed by atoms with Crippen LogP contribution in [-0.4, -0.2) is 6.04 Å². The number of rotatable bonds is 3. The largest absolute Gasteiger partial charge is 0.380 e. The van der Waals surface area contributed by atoms with Crippen LogP contribution in [0.15, 0.2) is 40.9 Å². The zero-order chi connectivity index (χ0) is 15.0. The van der Waals surface area contributed by atoms with Crippen molar-refractivity contribution in [1.29, 1.82) is 0 Å². The van der Waals surface area contributed by atoms with Crippen LogP contribution in [-0.2, 0) is 0 Å². The number of benzene rings is 2. The van der Waals surface area contributed by atoms with E-state index in [2.05, 4.69) is 21.2 Å². The molecule has 1 N–H and O–H groups in total. The highest BCUT2D eigenvalue weighted by atomic mass is 79.9. The van der Waals surface area contributed by atoms with Crippen LogP contribution >= 0.6 is 15.9 Å². The molecule has 1 fully saturated rings. The Morgan fingerprint density at radius 2 is 1.67 bits per heavy atom. The fraction of sp³-hybridized carbons (Fsp3) is 0.250. The van der Waals surface area contributed by atoms with E-state index in [9.17, 15) is 13.2 Å². The van der Waals surface area contributed by atoms with Crippen LogP contribution in [0.5, 0.6) is 0 Å². The van der Waals surface area contributed by atoms with Crippen LogP contribution in [0.25, 0.3) is 0 Å². The van der Waals surface area contributed by atoms with E-state index >= 15 is 0 Å². The summed E-state index contributed by atoms with van der Waals surface area (Å²) < 4.78 is 40.9. The van der Waals surface area contributed by atoms with Gasteiger partial charge in [-0.2, -0.15) is 0 Å². The molecule has 0 radical (unpaired) electrons. The number of nitrogens with one attached hydrogen (secondary N) is 1. The molecule has 0 aliphatic heterocycles. The van der Waals surface area contributed by atoms with Crippen molar-refractivity contribution in [2.75, 3.05) is 5.32 Å². The molecule has 21 heavy (non-hydrogen) atoms. The fourth-order valence-corrected chi connectivity index (χ4v) is 2.96. The zero-order valence-corrected chi connectivity index (χ0v) is 12.6. The summed E-state index contributed by atoms with van der Waals surface area (Å²) in [6.07, 6.45) is 1.41. The average molecular weight is 356 g/mol. The quantitative estimate of drug-likeness (QED) is 0.743. The van der Waals surface area contributed by atoms with E-state index in [-0.39, 0.29) is 27.9 Å². The highest BCUT2D eigenvalue weighted by Gasteiger charge is 2.32. The number of anilines is 1. The van der Waals surface area contributed by atoms with Crippen molar-refractivity contribution in [3.05, 3.63) is 63.9 Å². The zero-order valence-electron chi connectivity index (χ0n) is 11.0.